The Morgan fingerprint density at radius 1 is 1.23 bits per heavy atom. The number of benzene rings is 2. The molecule has 7 nitrogen and oxygen atoms in total. The van der Waals surface area contributed by atoms with Gasteiger partial charge in [-0.1, -0.05) is 0 Å². The van der Waals surface area contributed by atoms with Crippen molar-refractivity contribution in [2.24, 2.45) is 0 Å². The number of nitro benzene ring substituents is 1. The third-order valence-corrected chi connectivity index (χ3v) is 3.48. The van der Waals surface area contributed by atoms with Crippen LogP contribution >= 0.6 is 0 Å². The smallest absolute Gasteiger partial charge is 0.292 e. The molecule has 0 radical (unpaired) electrons. The first-order chi connectivity index (χ1) is 10.5. The lowest BCUT2D eigenvalue weighted by molar-refractivity contribution is -0.383. The van der Waals surface area contributed by atoms with Crippen LogP contribution in [0.4, 0.5) is 17.1 Å². The SMILES string of the molecule is CN(C)c1ccc2nc(-c3ccc(N)c([N+](=O)[O-])c3)[nH]c2c1. The minimum absolute atomic E-state index is 0.119. The molecule has 3 aromatic rings. The zero-order valence-corrected chi connectivity index (χ0v) is 12.2. The van der Waals surface area contributed by atoms with Gasteiger partial charge in [0.05, 0.1) is 16.0 Å². The summed E-state index contributed by atoms with van der Waals surface area (Å²) >= 11 is 0. The monoisotopic (exact) mass is 297 g/mol. The summed E-state index contributed by atoms with van der Waals surface area (Å²) < 4.78 is 0. The molecule has 3 N–H and O–H groups in total. The van der Waals surface area contributed by atoms with E-state index in [1.54, 1.807) is 6.07 Å². The highest BCUT2D eigenvalue weighted by Crippen LogP contribution is 2.29. The number of imidazole rings is 1. The normalized spacial score (nSPS) is 10.8. The quantitative estimate of drug-likeness (QED) is 0.440. The van der Waals surface area contributed by atoms with Gasteiger partial charge in [0.2, 0.25) is 0 Å². The second-order valence-electron chi connectivity index (χ2n) is 5.21. The highest BCUT2D eigenvalue weighted by atomic mass is 16.6. The van der Waals surface area contributed by atoms with E-state index < -0.39 is 4.92 Å². The predicted octanol–water partition coefficient (Wildman–Crippen LogP) is 2.79. The highest BCUT2D eigenvalue weighted by molar-refractivity contribution is 5.83. The Bertz CT molecular complexity index is 869. The fourth-order valence-electron chi connectivity index (χ4n) is 2.26. The maximum atomic E-state index is 11.0. The Kier molecular flexibility index (Phi) is 3.17. The van der Waals surface area contributed by atoms with Gasteiger partial charge in [-0.2, -0.15) is 0 Å². The Morgan fingerprint density at radius 3 is 2.68 bits per heavy atom. The van der Waals surface area contributed by atoms with E-state index in [-0.39, 0.29) is 11.4 Å². The van der Waals surface area contributed by atoms with Crippen LogP contribution in [0.15, 0.2) is 36.4 Å². The Morgan fingerprint density at radius 2 is 2.00 bits per heavy atom. The summed E-state index contributed by atoms with van der Waals surface area (Å²) in [4.78, 5) is 20.2. The maximum absolute atomic E-state index is 11.0. The molecule has 0 fully saturated rings. The molecule has 0 bridgehead atoms. The van der Waals surface area contributed by atoms with Crippen LogP contribution in [-0.4, -0.2) is 29.0 Å². The number of fused-ring (bicyclic) bond motifs is 1. The lowest BCUT2D eigenvalue weighted by atomic mass is 10.1. The Hall–Kier alpha value is -3.09. The molecule has 0 unspecified atom stereocenters. The average Bonchev–Trinajstić information content (AvgIpc) is 2.90. The molecule has 0 spiro atoms. The van der Waals surface area contributed by atoms with E-state index in [0.717, 1.165) is 16.7 Å². The first-order valence-electron chi connectivity index (χ1n) is 6.67. The van der Waals surface area contributed by atoms with Gasteiger partial charge in [-0.3, -0.25) is 10.1 Å². The fraction of sp³-hybridized carbons (Fsp3) is 0.133. The van der Waals surface area contributed by atoms with E-state index in [0.29, 0.717) is 11.4 Å². The summed E-state index contributed by atoms with van der Waals surface area (Å²) in [5.41, 5.74) is 9.00. The largest absolute Gasteiger partial charge is 0.393 e. The summed E-state index contributed by atoms with van der Waals surface area (Å²) in [6.45, 7) is 0. The van der Waals surface area contributed by atoms with Gasteiger partial charge in [0.1, 0.15) is 11.5 Å². The van der Waals surface area contributed by atoms with E-state index >= 15 is 0 Å². The molecule has 0 atom stereocenters. The molecule has 0 aliphatic carbocycles. The third kappa shape index (κ3) is 2.32. The van der Waals surface area contributed by atoms with Gasteiger partial charge in [-0.05, 0) is 30.3 Å². The molecule has 1 heterocycles. The van der Waals surface area contributed by atoms with Crippen molar-refractivity contribution in [3.63, 3.8) is 0 Å². The topological polar surface area (TPSA) is 101 Å². The molecule has 0 saturated heterocycles. The number of H-pyrrole nitrogens is 1. The number of nitrogens with two attached hydrogens (primary N) is 1. The Labute approximate surface area is 126 Å². The molecule has 2 aromatic carbocycles. The van der Waals surface area contributed by atoms with Crippen molar-refractivity contribution in [3.8, 4) is 11.4 Å². The lowest BCUT2D eigenvalue weighted by Crippen LogP contribution is -2.07. The molecule has 1 aromatic heterocycles. The summed E-state index contributed by atoms with van der Waals surface area (Å²) in [6.07, 6.45) is 0. The number of rotatable bonds is 3. The van der Waals surface area contributed by atoms with Crippen LogP contribution in [0.3, 0.4) is 0 Å². The zero-order chi connectivity index (χ0) is 15.9. The van der Waals surface area contributed by atoms with Gasteiger partial charge in [0.25, 0.3) is 5.69 Å². The number of aromatic nitrogens is 2. The summed E-state index contributed by atoms with van der Waals surface area (Å²) in [5, 5.41) is 11.0. The van der Waals surface area contributed by atoms with E-state index in [1.165, 1.54) is 12.1 Å². The van der Waals surface area contributed by atoms with Crippen molar-refractivity contribution in [1.82, 2.24) is 9.97 Å². The van der Waals surface area contributed by atoms with Gasteiger partial charge < -0.3 is 15.6 Å². The summed E-state index contributed by atoms with van der Waals surface area (Å²) in [7, 11) is 3.92. The van der Waals surface area contributed by atoms with Crippen LogP contribution in [0.5, 0.6) is 0 Å². The summed E-state index contributed by atoms with van der Waals surface area (Å²) in [6, 6.07) is 10.5. The molecule has 0 aliphatic rings. The van der Waals surface area contributed by atoms with Crippen LogP contribution < -0.4 is 10.6 Å². The number of hydrogen-bond donors (Lipinski definition) is 2. The number of nitrogen functional groups attached to an aromatic ring is 1. The van der Waals surface area contributed by atoms with Crippen LogP contribution in [0.1, 0.15) is 0 Å². The van der Waals surface area contributed by atoms with Crippen molar-refractivity contribution in [1.29, 1.82) is 0 Å². The number of hydrogen-bond acceptors (Lipinski definition) is 5. The second kappa shape index (κ2) is 5.03. The number of nitrogens with one attached hydrogen (secondary N) is 1. The molecular formula is C15H15N5O2. The van der Waals surface area contributed by atoms with E-state index in [1.807, 2.05) is 37.2 Å². The molecule has 0 amide bonds. The minimum Gasteiger partial charge on any atom is -0.393 e. The van der Waals surface area contributed by atoms with Gasteiger partial charge in [-0.25, -0.2) is 4.98 Å². The van der Waals surface area contributed by atoms with Gasteiger partial charge >= 0.3 is 0 Å². The standard InChI is InChI=1S/C15H15N5O2/c1-19(2)10-4-6-12-13(8-10)18-15(17-12)9-3-5-11(16)14(7-9)20(21)22/h3-8H,16H2,1-2H3,(H,17,18). The number of aromatic amines is 1. The van der Waals surface area contributed by atoms with E-state index in [2.05, 4.69) is 9.97 Å². The predicted molar refractivity (Wildman–Crippen MR) is 86.9 cm³/mol. The molecular weight excluding hydrogens is 282 g/mol. The number of nitrogens with zero attached hydrogens (tertiary/aromatic N) is 3. The van der Waals surface area contributed by atoms with Gasteiger partial charge in [0.15, 0.2) is 0 Å². The lowest BCUT2D eigenvalue weighted by Gasteiger charge is -2.11. The van der Waals surface area contributed by atoms with E-state index in [4.69, 9.17) is 5.73 Å². The Balaban J connectivity index is 2.10. The number of nitro groups is 1. The number of anilines is 2. The van der Waals surface area contributed by atoms with Gasteiger partial charge in [-0.15, -0.1) is 0 Å². The van der Waals surface area contributed by atoms with Crippen LogP contribution in [-0.2, 0) is 0 Å². The molecule has 3 rings (SSSR count). The van der Waals surface area contributed by atoms with Crippen LogP contribution in [0.2, 0.25) is 0 Å². The van der Waals surface area contributed by atoms with Crippen molar-refractivity contribution in [3.05, 3.63) is 46.5 Å². The highest BCUT2D eigenvalue weighted by Gasteiger charge is 2.14. The fourth-order valence-corrected chi connectivity index (χ4v) is 2.26. The maximum Gasteiger partial charge on any atom is 0.292 e. The van der Waals surface area contributed by atoms with Crippen LogP contribution in [0, 0.1) is 10.1 Å². The first kappa shape index (κ1) is 13.9. The first-order valence-corrected chi connectivity index (χ1v) is 6.67. The minimum atomic E-state index is -0.494. The van der Waals surface area contributed by atoms with Crippen LogP contribution in [0.25, 0.3) is 22.4 Å². The molecule has 0 aliphatic heterocycles. The van der Waals surface area contributed by atoms with Crippen molar-refractivity contribution in [2.75, 3.05) is 24.7 Å². The van der Waals surface area contributed by atoms with Crippen molar-refractivity contribution in [2.45, 2.75) is 0 Å². The molecule has 112 valence electrons. The second-order valence-corrected chi connectivity index (χ2v) is 5.21. The molecule has 0 saturated carbocycles. The molecule has 7 heteroatoms. The van der Waals surface area contributed by atoms with E-state index in [9.17, 15) is 10.1 Å². The zero-order valence-electron chi connectivity index (χ0n) is 12.2. The average molecular weight is 297 g/mol. The third-order valence-electron chi connectivity index (χ3n) is 3.48. The van der Waals surface area contributed by atoms with Gasteiger partial charge in [0, 0.05) is 31.4 Å². The van der Waals surface area contributed by atoms with Crippen molar-refractivity contribution < 1.29 is 4.92 Å². The van der Waals surface area contributed by atoms with Crippen molar-refractivity contribution >= 4 is 28.1 Å². The molecule has 22 heavy (non-hydrogen) atoms. The summed E-state index contributed by atoms with van der Waals surface area (Å²) in [5.74, 6) is 0.578.